The molecular formula is C10H6F3NOS. The Morgan fingerprint density at radius 1 is 1.12 bits per heavy atom. The van der Waals surface area contributed by atoms with Crippen LogP contribution in [-0.4, -0.2) is 10.5 Å². The number of hydrogen-bond acceptors (Lipinski definition) is 2. The monoisotopic (exact) mass is 245 g/mol. The second kappa shape index (κ2) is 3.86. The molecule has 0 saturated carbocycles. The van der Waals surface area contributed by atoms with Gasteiger partial charge >= 0.3 is 5.51 Å². The van der Waals surface area contributed by atoms with Crippen LogP contribution in [0.4, 0.5) is 13.2 Å². The maximum atomic E-state index is 12.2. The van der Waals surface area contributed by atoms with Gasteiger partial charge in [0.15, 0.2) is 0 Å². The van der Waals surface area contributed by atoms with Crippen molar-refractivity contribution in [1.29, 1.82) is 0 Å². The number of nitrogens with one attached hydrogen (secondary N) is 1. The van der Waals surface area contributed by atoms with E-state index in [1.165, 1.54) is 24.3 Å². The van der Waals surface area contributed by atoms with E-state index in [-0.39, 0.29) is 22.2 Å². The van der Waals surface area contributed by atoms with Gasteiger partial charge in [-0.1, -0.05) is 12.1 Å². The molecule has 0 bridgehead atoms. The number of H-pyrrole nitrogens is 1. The molecule has 0 atom stereocenters. The van der Waals surface area contributed by atoms with E-state index in [0.717, 1.165) is 0 Å². The quantitative estimate of drug-likeness (QED) is 0.783. The fourth-order valence-electron chi connectivity index (χ4n) is 1.36. The average molecular weight is 245 g/mol. The van der Waals surface area contributed by atoms with Gasteiger partial charge in [-0.15, -0.1) is 0 Å². The zero-order chi connectivity index (χ0) is 11.8. The fourth-order valence-corrected chi connectivity index (χ4v) is 2.03. The van der Waals surface area contributed by atoms with Crippen LogP contribution in [0.2, 0.25) is 0 Å². The third-order valence-corrected chi connectivity index (χ3v) is 2.74. The lowest BCUT2D eigenvalue weighted by molar-refractivity contribution is -0.0327. The maximum Gasteiger partial charge on any atom is 0.446 e. The van der Waals surface area contributed by atoms with Gasteiger partial charge in [0, 0.05) is 11.0 Å². The molecule has 1 aromatic carbocycles. The minimum absolute atomic E-state index is 0.00250. The summed E-state index contributed by atoms with van der Waals surface area (Å²) < 4.78 is 36.7. The van der Waals surface area contributed by atoms with Crippen LogP contribution in [0.15, 0.2) is 40.0 Å². The van der Waals surface area contributed by atoms with Crippen LogP contribution >= 0.6 is 11.8 Å². The lowest BCUT2D eigenvalue weighted by Crippen LogP contribution is -2.05. The maximum absolute atomic E-state index is 12.2. The third kappa shape index (κ3) is 2.38. The van der Waals surface area contributed by atoms with Crippen LogP contribution in [0.1, 0.15) is 0 Å². The van der Waals surface area contributed by atoms with Crippen LogP contribution in [0.3, 0.4) is 0 Å². The lowest BCUT2D eigenvalue weighted by atomic mass is 10.2. The van der Waals surface area contributed by atoms with Crippen molar-refractivity contribution in [3.63, 3.8) is 0 Å². The number of alkyl halides is 3. The molecule has 2 rings (SSSR count). The number of fused-ring (bicyclic) bond motifs is 1. The van der Waals surface area contributed by atoms with Crippen molar-refractivity contribution in [3.05, 3.63) is 40.7 Å². The summed E-state index contributed by atoms with van der Waals surface area (Å²) >= 11 is -0.231. The normalized spacial score (nSPS) is 11.9. The van der Waals surface area contributed by atoms with E-state index < -0.39 is 11.1 Å². The number of benzene rings is 1. The summed E-state index contributed by atoms with van der Waals surface area (Å²) in [4.78, 5) is 13.5. The summed E-state index contributed by atoms with van der Waals surface area (Å²) in [5.41, 5.74) is -4.55. The van der Waals surface area contributed by atoms with Gasteiger partial charge in [0.1, 0.15) is 0 Å². The molecule has 2 aromatic rings. The van der Waals surface area contributed by atoms with E-state index in [4.69, 9.17) is 0 Å². The summed E-state index contributed by atoms with van der Waals surface area (Å²) in [6.07, 6.45) is 0. The molecule has 0 aliphatic rings. The second-order valence-corrected chi connectivity index (χ2v) is 4.20. The van der Waals surface area contributed by atoms with E-state index >= 15 is 0 Å². The predicted molar refractivity (Wildman–Crippen MR) is 56.5 cm³/mol. The van der Waals surface area contributed by atoms with E-state index in [9.17, 15) is 18.0 Å². The number of para-hydroxylation sites is 1. The van der Waals surface area contributed by atoms with Crippen molar-refractivity contribution in [2.75, 3.05) is 0 Å². The van der Waals surface area contributed by atoms with E-state index in [1.54, 1.807) is 6.07 Å². The first-order valence-corrected chi connectivity index (χ1v) is 5.15. The Labute approximate surface area is 92.5 Å². The molecule has 1 heterocycles. The highest BCUT2D eigenvalue weighted by Crippen LogP contribution is 2.39. The Bertz CT molecular complexity index is 576. The number of aromatic amines is 1. The highest BCUT2D eigenvalue weighted by molar-refractivity contribution is 8.00. The molecule has 0 aliphatic heterocycles. The van der Waals surface area contributed by atoms with Crippen LogP contribution in [0.5, 0.6) is 0 Å². The molecule has 0 aliphatic carbocycles. The summed E-state index contributed by atoms with van der Waals surface area (Å²) in [7, 11) is 0. The van der Waals surface area contributed by atoms with Gasteiger partial charge in [0.2, 0.25) is 5.56 Å². The molecule has 2 nitrogen and oxygen atoms in total. The number of aromatic nitrogens is 1. The van der Waals surface area contributed by atoms with E-state index in [0.29, 0.717) is 5.39 Å². The van der Waals surface area contributed by atoms with Gasteiger partial charge in [-0.05, 0) is 29.3 Å². The van der Waals surface area contributed by atoms with Crippen molar-refractivity contribution in [1.82, 2.24) is 4.98 Å². The van der Waals surface area contributed by atoms with Gasteiger partial charge < -0.3 is 4.98 Å². The number of pyridine rings is 1. The van der Waals surface area contributed by atoms with Gasteiger partial charge in [0.25, 0.3) is 0 Å². The number of hydrogen-bond donors (Lipinski definition) is 1. The molecule has 0 fully saturated rings. The molecule has 0 amide bonds. The van der Waals surface area contributed by atoms with Crippen LogP contribution in [-0.2, 0) is 0 Å². The van der Waals surface area contributed by atoms with Crippen molar-refractivity contribution in [3.8, 4) is 0 Å². The number of halogens is 3. The molecule has 0 saturated heterocycles. The predicted octanol–water partition coefficient (Wildman–Crippen LogP) is 3.14. The Kier molecular flexibility index (Phi) is 2.67. The SMILES string of the molecule is O=c1ccc2cccc(SC(F)(F)F)c2[nH]1. The van der Waals surface area contributed by atoms with Crippen molar-refractivity contribution in [2.45, 2.75) is 10.4 Å². The highest BCUT2D eigenvalue weighted by Gasteiger charge is 2.30. The fraction of sp³-hybridized carbons (Fsp3) is 0.100. The van der Waals surface area contributed by atoms with E-state index in [2.05, 4.69) is 4.98 Å². The number of thioether (sulfide) groups is 1. The van der Waals surface area contributed by atoms with Gasteiger partial charge in [-0.3, -0.25) is 4.79 Å². The third-order valence-electron chi connectivity index (χ3n) is 1.95. The summed E-state index contributed by atoms with van der Waals surface area (Å²) in [5, 5.41) is 0.578. The van der Waals surface area contributed by atoms with Gasteiger partial charge in [-0.2, -0.15) is 13.2 Å². The second-order valence-electron chi connectivity index (χ2n) is 3.09. The molecule has 1 N–H and O–H groups in total. The van der Waals surface area contributed by atoms with Crippen LogP contribution in [0.25, 0.3) is 10.9 Å². The van der Waals surface area contributed by atoms with Crippen LogP contribution < -0.4 is 5.56 Å². The highest BCUT2D eigenvalue weighted by atomic mass is 32.2. The first-order valence-electron chi connectivity index (χ1n) is 4.33. The topological polar surface area (TPSA) is 32.9 Å². The molecule has 84 valence electrons. The van der Waals surface area contributed by atoms with Gasteiger partial charge in [-0.25, -0.2) is 0 Å². The lowest BCUT2D eigenvalue weighted by Gasteiger charge is -2.07. The van der Waals surface area contributed by atoms with E-state index in [1.807, 2.05) is 0 Å². The Hall–Kier alpha value is -1.43. The molecule has 0 unspecified atom stereocenters. The summed E-state index contributed by atoms with van der Waals surface area (Å²) in [5.74, 6) is 0. The zero-order valence-corrected chi connectivity index (χ0v) is 8.65. The molecule has 1 aromatic heterocycles. The Morgan fingerprint density at radius 3 is 2.56 bits per heavy atom. The average Bonchev–Trinajstić information content (AvgIpc) is 2.17. The van der Waals surface area contributed by atoms with Crippen molar-refractivity contribution in [2.24, 2.45) is 0 Å². The van der Waals surface area contributed by atoms with Crippen LogP contribution in [0, 0.1) is 0 Å². The van der Waals surface area contributed by atoms with Crippen molar-refractivity contribution >= 4 is 22.7 Å². The minimum Gasteiger partial charge on any atom is -0.321 e. The standard InChI is InChI=1S/C10H6F3NOS/c11-10(12,13)16-7-3-1-2-6-4-5-8(15)14-9(6)7/h1-5H,(H,14,15). The smallest absolute Gasteiger partial charge is 0.321 e. The van der Waals surface area contributed by atoms with Crippen molar-refractivity contribution < 1.29 is 13.2 Å². The summed E-state index contributed by atoms with van der Waals surface area (Å²) in [6, 6.07) is 7.27. The summed E-state index contributed by atoms with van der Waals surface area (Å²) in [6.45, 7) is 0. The first kappa shape index (κ1) is 11.1. The molecule has 0 radical (unpaired) electrons. The largest absolute Gasteiger partial charge is 0.446 e. The Morgan fingerprint density at radius 2 is 1.88 bits per heavy atom. The molecule has 16 heavy (non-hydrogen) atoms. The number of rotatable bonds is 1. The Balaban J connectivity index is 2.61. The zero-order valence-electron chi connectivity index (χ0n) is 7.84. The first-order chi connectivity index (χ1) is 7.46. The molecule has 0 spiro atoms. The molecular weight excluding hydrogens is 239 g/mol. The molecule has 6 heteroatoms. The minimum atomic E-state index is -4.36. The van der Waals surface area contributed by atoms with Gasteiger partial charge in [0.05, 0.1) is 5.52 Å².